The molecule has 0 saturated heterocycles. The third-order valence-corrected chi connectivity index (χ3v) is 2.42. The van der Waals surface area contributed by atoms with Crippen molar-refractivity contribution in [2.75, 3.05) is 7.11 Å². The molecule has 0 bridgehead atoms. The molecule has 0 spiro atoms. The summed E-state index contributed by atoms with van der Waals surface area (Å²) in [4.78, 5) is 27.2. The number of nitrogens with zero attached hydrogens (tertiary/aromatic N) is 2. The maximum atomic E-state index is 11.9. The first kappa shape index (κ1) is 15.2. The fraction of sp³-hybridized carbons (Fsp3) is 0.615. The first-order chi connectivity index (χ1) is 8.74. The Hall–Kier alpha value is -1.85. The maximum Gasteiger partial charge on any atom is 0.420 e. The van der Waals surface area contributed by atoms with Crippen molar-refractivity contribution in [3.63, 3.8) is 0 Å². The van der Waals surface area contributed by atoms with Gasteiger partial charge in [0.25, 0.3) is 0 Å². The molecule has 6 nitrogen and oxygen atoms in total. The molecule has 0 saturated carbocycles. The minimum Gasteiger partial charge on any atom is -0.469 e. The van der Waals surface area contributed by atoms with Gasteiger partial charge in [0.15, 0.2) is 0 Å². The van der Waals surface area contributed by atoms with Crippen LogP contribution in [0.3, 0.4) is 0 Å². The summed E-state index contributed by atoms with van der Waals surface area (Å²) >= 11 is 0. The van der Waals surface area contributed by atoms with Crippen molar-refractivity contribution in [2.24, 2.45) is 5.92 Å². The minimum absolute atomic E-state index is 0.322. The van der Waals surface area contributed by atoms with Crippen LogP contribution in [0.1, 0.15) is 33.4 Å². The molecule has 0 aliphatic heterocycles. The Balaban J connectivity index is 2.81. The number of imidazole rings is 1. The second-order valence-corrected chi connectivity index (χ2v) is 5.36. The molecule has 0 aliphatic carbocycles. The van der Waals surface area contributed by atoms with E-state index in [4.69, 9.17) is 4.74 Å². The third-order valence-electron chi connectivity index (χ3n) is 2.42. The minimum atomic E-state index is -0.577. The zero-order chi connectivity index (χ0) is 14.6. The predicted octanol–water partition coefficient (Wildman–Crippen LogP) is 2.02. The lowest BCUT2D eigenvalue weighted by Gasteiger charge is -2.20. The zero-order valence-electron chi connectivity index (χ0n) is 12.0. The van der Waals surface area contributed by atoms with Crippen LogP contribution in [0.25, 0.3) is 0 Å². The maximum absolute atomic E-state index is 11.9. The van der Waals surface area contributed by atoms with E-state index in [0.29, 0.717) is 12.1 Å². The molecule has 6 heteroatoms. The van der Waals surface area contributed by atoms with E-state index < -0.39 is 11.7 Å². The van der Waals surface area contributed by atoms with Crippen molar-refractivity contribution in [1.29, 1.82) is 0 Å². The Morgan fingerprint density at radius 1 is 1.42 bits per heavy atom. The average molecular weight is 268 g/mol. The molecule has 1 unspecified atom stereocenters. The molecule has 1 aromatic rings. The van der Waals surface area contributed by atoms with E-state index in [2.05, 4.69) is 9.72 Å². The highest BCUT2D eigenvalue weighted by Crippen LogP contribution is 2.13. The van der Waals surface area contributed by atoms with E-state index in [9.17, 15) is 9.59 Å². The SMILES string of the molecule is COC(=O)C(C)Cc1cncn1C(=O)OC(C)(C)C. The number of ether oxygens (including phenoxy) is 2. The molecular formula is C13H20N2O4. The van der Waals surface area contributed by atoms with E-state index in [-0.39, 0.29) is 11.9 Å². The lowest BCUT2D eigenvalue weighted by Crippen LogP contribution is -2.28. The van der Waals surface area contributed by atoms with E-state index >= 15 is 0 Å². The Morgan fingerprint density at radius 3 is 2.58 bits per heavy atom. The lowest BCUT2D eigenvalue weighted by atomic mass is 10.1. The normalized spacial score (nSPS) is 12.9. The second kappa shape index (κ2) is 5.86. The number of aromatic nitrogens is 2. The van der Waals surface area contributed by atoms with Crippen LogP contribution in [0.15, 0.2) is 12.5 Å². The van der Waals surface area contributed by atoms with Gasteiger partial charge in [-0.05, 0) is 20.8 Å². The molecule has 0 aromatic carbocycles. The summed E-state index contributed by atoms with van der Waals surface area (Å²) in [7, 11) is 1.34. The van der Waals surface area contributed by atoms with Gasteiger partial charge in [-0.25, -0.2) is 14.3 Å². The number of esters is 1. The van der Waals surface area contributed by atoms with Gasteiger partial charge in [-0.3, -0.25) is 4.79 Å². The number of methoxy groups -OCH3 is 1. The highest BCUT2D eigenvalue weighted by atomic mass is 16.6. The van der Waals surface area contributed by atoms with Crippen molar-refractivity contribution >= 4 is 12.1 Å². The molecule has 1 atom stereocenters. The first-order valence-corrected chi connectivity index (χ1v) is 6.07. The molecule has 1 heterocycles. The molecule has 0 aliphatic rings. The second-order valence-electron chi connectivity index (χ2n) is 5.36. The van der Waals surface area contributed by atoms with E-state index in [1.54, 1.807) is 33.9 Å². The monoisotopic (exact) mass is 268 g/mol. The van der Waals surface area contributed by atoms with Gasteiger partial charge < -0.3 is 9.47 Å². The Kier molecular flexibility index (Phi) is 4.69. The van der Waals surface area contributed by atoms with Crippen LogP contribution < -0.4 is 0 Å². The molecular weight excluding hydrogens is 248 g/mol. The molecule has 1 rings (SSSR count). The van der Waals surface area contributed by atoms with E-state index in [1.165, 1.54) is 18.0 Å². The van der Waals surface area contributed by atoms with Crippen LogP contribution in [0.2, 0.25) is 0 Å². The van der Waals surface area contributed by atoms with Gasteiger partial charge in [0, 0.05) is 18.3 Å². The first-order valence-electron chi connectivity index (χ1n) is 6.07. The molecule has 1 aromatic heterocycles. The highest BCUT2D eigenvalue weighted by Gasteiger charge is 2.22. The average Bonchev–Trinajstić information content (AvgIpc) is 2.73. The van der Waals surface area contributed by atoms with Crippen LogP contribution in [0.5, 0.6) is 0 Å². The Morgan fingerprint density at radius 2 is 2.05 bits per heavy atom. The Bertz CT molecular complexity index is 459. The third kappa shape index (κ3) is 4.39. The van der Waals surface area contributed by atoms with Crippen LogP contribution in [0, 0.1) is 5.92 Å². The van der Waals surface area contributed by atoms with Gasteiger partial charge in [0.2, 0.25) is 0 Å². The van der Waals surface area contributed by atoms with Crippen molar-refractivity contribution in [3.05, 3.63) is 18.2 Å². The number of rotatable bonds is 3. The predicted molar refractivity (Wildman–Crippen MR) is 68.7 cm³/mol. The largest absolute Gasteiger partial charge is 0.469 e. The van der Waals surface area contributed by atoms with Crippen molar-refractivity contribution in [2.45, 2.75) is 39.7 Å². The van der Waals surface area contributed by atoms with Gasteiger partial charge >= 0.3 is 12.1 Å². The van der Waals surface area contributed by atoms with Crippen molar-refractivity contribution < 1.29 is 19.1 Å². The highest BCUT2D eigenvalue weighted by molar-refractivity contribution is 5.73. The quantitative estimate of drug-likeness (QED) is 0.784. The summed E-state index contributed by atoms with van der Waals surface area (Å²) in [6.45, 7) is 7.11. The molecule has 0 fully saturated rings. The van der Waals surface area contributed by atoms with Gasteiger partial charge in [-0.15, -0.1) is 0 Å². The van der Waals surface area contributed by atoms with E-state index in [1.807, 2.05) is 0 Å². The van der Waals surface area contributed by atoms with Crippen molar-refractivity contribution in [3.8, 4) is 0 Å². The number of carbonyl (C=O) groups excluding carboxylic acids is 2. The Labute approximate surface area is 112 Å². The van der Waals surface area contributed by atoms with Gasteiger partial charge in [-0.1, -0.05) is 6.92 Å². The molecule has 0 amide bonds. The summed E-state index contributed by atoms with van der Waals surface area (Å²) in [6, 6.07) is 0. The van der Waals surface area contributed by atoms with Crippen molar-refractivity contribution in [1.82, 2.24) is 9.55 Å². The summed E-state index contributed by atoms with van der Waals surface area (Å²) in [5.41, 5.74) is 0.0409. The fourth-order valence-corrected chi connectivity index (χ4v) is 1.55. The van der Waals surface area contributed by atoms with Crippen LogP contribution >= 0.6 is 0 Å². The summed E-state index contributed by atoms with van der Waals surface area (Å²) in [6.07, 6.45) is 2.79. The molecule has 0 N–H and O–H groups in total. The standard InChI is InChI=1S/C13H20N2O4/c1-9(11(16)18-5)6-10-7-14-8-15(10)12(17)19-13(2,3)4/h7-9H,6H2,1-5H3. The van der Waals surface area contributed by atoms with Crippen LogP contribution in [-0.4, -0.2) is 34.3 Å². The van der Waals surface area contributed by atoms with Gasteiger partial charge in [-0.2, -0.15) is 0 Å². The topological polar surface area (TPSA) is 70.4 Å². The molecule has 106 valence electrons. The fourth-order valence-electron chi connectivity index (χ4n) is 1.55. The van der Waals surface area contributed by atoms with Crippen LogP contribution in [-0.2, 0) is 20.7 Å². The number of hydrogen-bond acceptors (Lipinski definition) is 5. The molecule has 19 heavy (non-hydrogen) atoms. The van der Waals surface area contributed by atoms with Gasteiger partial charge in [0.05, 0.1) is 13.0 Å². The number of carbonyl (C=O) groups is 2. The number of hydrogen-bond donors (Lipinski definition) is 0. The summed E-state index contributed by atoms with van der Waals surface area (Å²) in [5.74, 6) is -0.667. The lowest BCUT2D eigenvalue weighted by molar-refractivity contribution is -0.144. The van der Waals surface area contributed by atoms with E-state index in [0.717, 1.165) is 0 Å². The summed E-state index contributed by atoms with van der Waals surface area (Å²) in [5, 5.41) is 0. The smallest absolute Gasteiger partial charge is 0.420 e. The molecule has 0 radical (unpaired) electrons. The van der Waals surface area contributed by atoms with Gasteiger partial charge in [0.1, 0.15) is 11.9 Å². The summed E-state index contributed by atoms with van der Waals surface area (Å²) < 4.78 is 11.2. The zero-order valence-corrected chi connectivity index (χ0v) is 12.0. The van der Waals surface area contributed by atoms with Crippen LogP contribution in [0.4, 0.5) is 4.79 Å².